The number of fused-ring (bicyclic) bond motifs is 1. The topological polar surface area (TPSA) is 114 Å². The number of rotatable bonds is 6. The number of hydrogen-bond acceptors (Lipinski definition) is 7. The molecule has 0 saturated heterocycles. The minimum Gasteiger partial charge on any atom is -0.482 e. The normalized spacial score (nSPS) is 12.5. The minimum absolute atomic E-state index is 0.0359. The molecule has 0 fully saturated rings. The Morgan fingerprint density at radius 3 is 2.80 bits per heavy atom. The number of aromatic nitrogens is 2. The third-order valence-electron chi connectivity index (χ3n) is 4.34. The number of nitrogens with two attached hydrogens (primary N) is 1. The molecule has 1 aliphatic heterocycles. The van der Waals surface area contributed by atoms with Crippen molar-refractivity contribution in [3.8, 4) is 17.0 Å². The number of nitrogens with one attached hydrogen (secondary N) is 3. The van der Waals surface area contributed by atoms with Crippen LogP contribution in [0.3, 0.4) is 0 Å². The van der Waals surface area contributed by atoms with E-state index < -0.39 is 0 Å². The lowest BCUT2D eigenvalue weighted by atomic mass is 10.1. The number of anilines is 4. The van der Waals surface area contributed by atoms with Gasteiger partial charge in [-0.3, -0.25) is 4.79 Å². The van der Waals surface area contributed by atoms with Crippen LogP contribution in [-0.2, 0) is 4.79 Å². The lowest BCUT2D eigenvalue weighted by Crippen LogP contribution is -2.25. The molecule has 0 spiro atoms. The monoisotopic (exact) mass is 444 g/mol. The first kappa shape index (κ1) is 20.1. The maximum atomic E-state index is 11.4. The smallest absolute Gasteiger partial charge is 0.262 e. The Morgan fingerprint density at radius 2 is 1.93 bits per heavy atom. The quantitative estimate of drug-likeness (QED) is 0.426. The summed E-state index contributed by atoms with van der Waals surface area (Å²) in [4.78, 5) is 19.9. The Hall–Kier alpha value is -3.23. The number of hydrogen-bond donors (Lipinski definition) is 4. The second-order valence-electron chi connectivity index (χ2n) is 6.50. The molecule has 1 aromatic heterocycles. The van der Waals surface area contributed by atoms with Crippen LogP contribution in [0.1, 0.15) is 0 Å². The Bertz CT molecular complexity index is 1110. The van der Waals surface area contributed by atoms with Gasteiger partial charge >= 0.3 is 0 Å². The van der Waals surface area contributed by atoms with Crippen molar-refractivity contribution in [2.24, 2.45) is 0 Å². The first-order valence-corrected chi connectivity index (χ1v) is 9.88. The van der Waals surface area contributed by atoms with Gasteiger partial charge in [0.1, 0.15) is 11.6 Å². The van der Waals surface area contributed by atoms with Crippen molar-refractivity contribution in [1.29, 1.82) is 0 Å². The molecule has 0 atom stereocenters. The Morgan fingerprint density at radius 1 is 1.10 bits per heavy atom. The molecule has 8 nitrogen and oxygen atoms in total. The Labute approximate surface area is 182 Å². The molecule has 0 bridgehead atoms. The highest BCUT2D eigenvalue weighted by Crippen LogP contribution is 2.33. The highest BCUT2D eigenvalue weighted by molar-refractivity contribution is 6.43. The van der Waals surface area contributed by atoms with Crippen LogP contribution in [0, 0.1) is 0 Å². The van der Waals surface area contributed by atoms with Gasteiger partial charge in [0.05, 0.1) is 21.4 Å². The van der Waals surface area contributed by atoms with Crippen LogP contribution in [0.25, 0.3) is 11.3 Å². The fourth-order valence-corrected chi connectivity index (χ4v) is 3.38. The van der Waals surface area contributed by atoms with E-state index in [1.54, 1.807) is 18.2 Å². The fourth-order valence-electron chi connectivity index (χ4n) is 2.99. The molecule has 0 aliphatic carbocycles. The van der Waals surface area contributed by atoms with E-state index in [4.69, 9.17) is 33.7 Å². The number of nitrogens with zero attached hydrogens (tertiary/aromatic N) is 2. The standard InChI is InChI=1S/C20H18Cl2N6O2/c21-13-3-1-2-12(19(13)22)14-9-17(28-20(23)27-14)25-7-6-24-11-4-5-16-15(8-11)26-18(29)10-30-16/h1-5,8-9,24H,6-7,10H2,(H,26,29)(H3,23,25,27,28). The number of carbonyl (C=O) groups excluding carboxylic acids is 1. The molecule has 1 aliphatic rings. The number of benzene rings is 2. The van der Waals surface area contributed by atoms with Crippen LogP contribution in [-0.4, -0.2) is 35.6 Å². The van der Waals surface area contributed by atoms with Crippen molar-refractivity contribution < 1.29 is 9.53 Å². The number of amides is 1. The van der Waals surface area contributed by atoms with Gasteiger partial charge in [0.15, 0.2) is 6.61 Å². The predicted molar refractivity (Wildman–Crippen MR) is 119 cm³/mol. The van der Waals surface area contributed by atoms with Crippen molar-refractivity contribution in [1.82, 2.24) is 9.97 Å². The number of halogens is 2. The highest BCUT2D eigenvalue weighted by atomic mass is 35.5. The molecule has 2 heterocycles. The summed E-state index contributed by atoms with van der Waals surface area (Å²) in [6.07, 6.45) is 0. The second kappa shape index (κ2) is 8.64. The molecule has 30 heavy (non-hydrogen) atoms. The molecular formula is C20H18Cl2N6O2. The predicted octanol–water partition coefficient (Wildman–Crippen LogP) is 3.89. The van der Waals surface area contributed by atoms with Crippen LogP contribution < -0.4 is 26.4 Å². The first-order chi connectivity index (χ1) is 14.5. The summed E-state index contributed by atoms with van der Waals surface area (Å²) in [6.45, 7) is 1.21. The Kier molecular flexibility index (Phi) is 5.78. The zero-order valence-electron chi connectivity index (χ0n) is 15.7. The summed E-state index contributed by atoms with van der Waals surface area (Å²) >= 11 is 12.4. The summed E-state index contributed by atoms with van der Waals surface area (Å²) in [6, 6.07) is 12.6. The van der Waals surface area contributed by atoms with Gasteiger partial charge in [0.2, 0.25) is 5.95 Å². The van der Waals surface area contributed by atoms with Crippen molar-refractivity contribution in [3.63, 3.8) is 0 Å². The van der Waals surface area contributed by atoms with Crippen molar-refractivity contribution in [3.05, 3.63) is 52.5 Å². The second-order valence-corrected chi connectivity index (χ2v) is 7.28. The molecule has 1 amide bonds. The fraction of sp³-hybridized carbons (Fsp3) is 0.150. The highest BCUT2D eigenvalue weighted by Gasteiger charge is 2.16. The Balaban J connectivity index is 1.39. The molecule has 4 rings (SSSR count). The van der Waals surface area contributed by atoms with E-state index in [2.05, 4.69) is 25.9 Å². The summed E-state index contributed by atoms with van der Waals surface area (Å²) < 4.78 is 5.35. The molecular weight excluding hydrogens is 427 g/mol. The molecule has 0 unspecified atom stereocenters. The summed E-state index contributed by atoms with van der Waals surface area (Å²) in [5.41, 5.74) is 8.62. The first-order valence-electron chi connectivity index (χ1n) is 9.13. The van der Waals surface area contributed by atoms with Crippen LogP contribution in [0.15, 0.2) is 42.5 Å². The van der Waals surface area contributed by atoms with Gasteiger partial charge in [-0.2, -0.15) is 4.98 Å². The summed E-state index contributed by atoms with van der Waals surface area (Å²) in [5.74, 6) is 1.19. The number of ether oxygens (including phenoxy) is 1. The zero-order chi connectivity index (χ0) is 21.1. The van der Waals surface area contributed by atoms with E-state index in [1.165, 1.54) is 0 Å². The van der Waals surface area contributed by atoms with E-state index in [1.807, 2.05) is 24.3 Å². The zero-order valence-corrected chi connectivity index (χ0v) is 17.2. The third-order valence-corrected chi connectivity index (χ3v) is 5.16. The van der Waals surface area contributed by atoms with Gasteiger partial charge in [0.25, 0.3) is 5.91 Å². The molecule has 154 valence electrons. The minimum atomic E-state index is -0.168. The van der Waals surface area contributed by atoms with Crippen LogP contribution in [0.4, 0.5) is 23.1 Å². The number of nitrogen functional groups attached to an aromatic ring is 1. The van der Waals surface area contributed by atoms with Gasteiger partial charge < -0.3 is 26.4 Å². The molecule has 5 N–H and O–H groups in total. The van der Waals surface area contributed by atoms with Gasteiger partial charge in [-0.05, 0) is 24.3 Å². The van der Waals surface area contributed by atoms with Gasteiger partial charge in [0, 0.05) is 30.4 Å². The van der Waals surface area contributed by atoms with E-state index in [9.17, 15) is 4.79 Å². The molecule has 3 aromatic rings. The van der Waals surface area contributed by atoms with E-state index >= 15 is 0 Å². The van der Waals surface area contributed by atoms with E-state index in [0.29, 0.717) is 51.6 Å². The summed E-state index contributed by atoms with van der Waals surface area (Å²) in [7, 11) is 0. The maximum absolute atomic E-state index is 11.4. The average molecular weight is 445 g/mol. The van der Waals surface area contributed by atoms with Gasteiger partial charge in [-0.25, -0.2) is 4.98 Å². The van der Waals surface area contributed by atoms with Crippen molar-refractivity contribution in [2.45, 2.75) is 0 Å². The van der Waals surface area contributed by atoms with E-state index in [-0.39, 0.29) is 18.5 Å². The van der Waals surface area contributed by atoms with Gasteiger partial charge in [-0.15, -0.1) is 0 Å². The molecule has 0 radical (unpaired) electrons. The summed E-state index contributed by atoms with van der Waals surface area (Å²) in [5, 5.41) is 10.1. The molecule has 10 heteroatoms. The van der Waals surface area contributed by atoms with E-state index in [0.717, 1.165) is 5.69 Å². The lowest BCUT2D eigenvalue weighted by molar-refractivity contribution is -0.118. The van der Waals surface area contributed by atoms with Crippen LogP contribution in [0.5, 0.6) is 5.75 Å². The largest absolute Gasteiger partial charge is 0.482 e. The van der Waals surface area contributed by atoms with Crippen molar-refractivity contribution in [2.75, 3.05) is 41.4 Å². The SMILES string of the molecule is Nc1nc(NCCNc2ccc3c(c2)NC(=O)CO3)cc(-c2cccc(Cl)c2Cl)n1. The third kappa shape index (κ3) is 4.50. The molecule has 0 saturated carbocycles. The van der Waals surface area contributed by atoms with Crippen molar-refractivity contribution >= 4 is 52.3 Å². The lowest BCUT2D eigenvalue weighted by Gasteiger charge is -2.19. The van der Waals surface area contributed by atoms with Crippen LogP contribution >= 0.6 is 23.2 Å². The average Bonchev–Trinajstić information content (AvgIpc) is 2.72. The van der Waals surface area contributed by atoms with Crippen LogP contribution in [0.2, 0.25) is 10.0 Å². The number of carbonyl (C=O) groups is 1. The maximum Gasteiger partial charge on any atom is 0.262 e. The van der Waals surface area contributed by atoms with Gasteiger partial charge in [-0.1, -0.05) is 35.3 Å². The molecule has 2 aromatic carbocycles.